The van der Waals surface area contributed by atoms with Crippen LogP contribution in [-0.2, 0) is 34.0 Å². The number of nitrogens with one attached hydrogen (secondary N) is 1. The van der Waals surface area contributed by atoms with E-state index in [1.807, 2.05) is 47.8 Å². The van der Waals surface area contributed by atoms with Crippen LogP contribution < -0.4 is 16.0 Å². The van der Waals surface area contributed by atoms with E-state index in [1.165, 1.54) is 17.4 Å². The van der Waals surface area contributed by atoms with Gasteiger partial charge < -0.3 is 20.7 Å². The van der Waals surface area contributed by atoms with Crippen molar-refractivity contribution in [2.45, 2.75) is 38.3 Å². The van der Waals surface area contributed by atoms with Crippen LogP contribution in [0.3, 0.4) is 0 Å². The number of rotatable bonds is 8. The standard InChI is InChI=1S/C30H27ClFN3O3S/c31-22-10-11-26-24(14-22)29(20-7-3-5-19(13-20)16-33)38-27(30(37)35(26)18-23-8-4-12-39-23)15-28(36)34-17-21-6-1-2-9-25(21)32/h1-14,27,29H,15-18,33H2,(H,34,36). The van der Waals surface area contributed by atoms with Crippen LogP contribution in [0, 0.1) is 5.82 Å². The number of carbonyl (C=O) groups is 2. The number of amides is 2. The Bertz CT molecular complexity index is 1480. The second-order valence-corrected chi connectivity index (χ2v) is 10.7. The molecule has 0 bridgehead atoms. The molecule has 2 unspecified atom stereocenters. The van der Waals surface area contributed by atoms with Crippen LogP contribution in [-0.4, -0.2) is 17.9 Å². The van der Waals surface area contributed by atoms with E-state index in [0.29, 0.717) is 29.4 Å². The summed E-state index contributed by atoms with van der Waals surface area (Å²) in [6, 6.07) is 23.1. The highest BCUT2D eigenvalue weighted by Crippen LogP contribution is 2.41. The third-order valence-electron chi connectivity index (χ3n) is 6.59. The number of nitrogens with zero attached hydrogens (tertiary/aromatic N) is 1. The van der Waals surface area contributed by atoms with E-state index in [-0.39, 0.29) is 18.9 Å². The van der Waals surface area contributed by atoms with Crippen molar-refractivity contribution in [3.8, 4) is 0 Å². The molecule has 0 radical (unpaired) electrons. The van der Waals surface area contributed by atoms with Crippen LogP contribution in [0.2, 0.25) is 5.02 Å². The van der Waals surface area contributed by atoms with E-state index < -0.39 is 23.9 Å². The number of hydrogen-bond acceptors (Lipinski definition) is 5. The van der Waals surface area contributed by atoms with Crippen LogP contribution in [0.4, 0.5) is 10.1 Å². The van der Waals surface area contributed by atoms with E-state index in [9.17, 15) is 14.0 Å². The number of hydrogen-bond donors (Lipinski definition) is 2. The maximum atomic E-state index is 14.1. The fourth-order valence-corrected chi connectivity index (χ4v) is 5.52. The van der Waals surface area contributed by atoms with Gasteiger partial charge in [0.15, 0.2) is 0 Å². The van der Waals surface area contributed by atoms with Crippen molar-refractivity contribution in [3.05, 3.63) is 122 Å². The molecule has 0 spiro atoms. The third kappa shape index (κ3) is 6.20. The van der Waals surface area contributed by atoms with Gasteiger partial charge in [-0.3, -0.25) is 9.59 Å². The summed E-state index contributed by atoms with van der Waals surface area (Å²) in [6.45, 7) is 0.662. The maximum Gasteiger partial charge on any atom is 0.257 e. The minimum absolute atomic E-state index is 0.00311. The average Bonchev–Trinajstić information content (AvgIpc) is 3.43. The third-order valence-corrected chi connectivity index (χ3v) is 7.69. The first-order valence-electron chi connectivity index (χ1n) is 12.5. The summed E-state index contributed by atoms with van der Waals surface area (Å²) in [6.07, 6.45) is -2.00. The molecule has 6 nitrogen and oxygen atoms in total. The normalized spacial score (nSPS) is 17.0. The monoisotopic (exact) mass is 563 g/mol. The van der Waals surface area contributed by atoms with Crippen molar-refractivity contribution in [1.82, 2.24) is 5.32 Å². The number of anilines is 1. The lowest BCUT2D eigenvalue weighted by Crippen LogP contribution is -2.41. The number of halogens is 2. The highest BCUT2D eigenvalue weighted by molar-refractivity contribution is 7.09. The smallest absolute Gasteiger partial charge is 0.257 e. The number of carbonyl (C=O) groups excluding carboxylic acids is 2. The van der Waals surface area contributed by atoms with Crippen LogP contribution in [0.1, 0.15) is 39.7 Å². The Morgan fingerprint density at radius 3 is 2.69 bits per heavy atom. The molecular weight excluding hydrogens is 537 g/mol. The largest absolute Gasteiger partial charge is 0.355 e. The molecule has 3 aromatic carbocycles. The molecule has 9 heteroatoms. The van der Waals surface area contributed by atoms with Gasteiger partial charge in [0.1, 0.15) is 18.0 Å². The Hall–Kier alpha value is -3.56. The van der Waals surface area contributed by atoms with Crippen LogP contribution in [0.5, 0.6) is 0 Å². The lowest BCUT2D eigenvalue weighted by atomic mass is 9.97. The van der Waals surface area contributed by atoms with E-state index in [0.717, 1.165) is 21.6 Å². The molecule has 2 atom stereocenters. The molecule has 0 saturated carbocycles. The Morgan fingerprint density at radius 1 is 1.08 bits per heavy atom. The van der Waals surface area contributed by atoms with Gasteiger partial charge in [-0.15, -0.1) is 11.3 Å². The maximum absolute atomic E-state index is 14.1. The zero-order valence-electron chi connectivity index (χ0n) is 21.0. The zero-order chi connectivity index (χ0) is 27.4. The van der Waals surface area contributed by atoms with Gasteiger partial charge in [-0.05, 0) is 46.8 Å². The van der Waals surface area contributed by atoms with Crippen molar-refractivity contribution in [2.24, 2.45) is 5.73 Å². The van der Waals surface area contributed by atoms with Gasteiger partial charge in [-0.1, -0.05) is 60.1 Å². The lowest BCUT2D eigenvalue weighted by Gasteiger charge is -2.24. The minimum atomic E-state index is -1.09. The van der Waals surface area contributed by atoms with E-state index in [2.05, 4.69) is 5.32 Å². The van der Waals surface area contributed by atoms with Gasteiger partial charge in [-0.2, -0.15) is 0 Å². The van der Waals surface area contributed by atoms with Crippen molar-refractivity contribution >= 4 is 40.4 Å². The first-order valence-corrected chi connectivity index (χ1v) is 13.8. The summed E-state index contributed by atoms with van der Waals surface area (Å²) in [4.78, 5) is 29.7. The average molecular weight is 564 g/mol. The Balaban J connectivity index is 1.50. The summed E-state index contributed by atoms with van der Waals surface area (Å²) in [5.74, 6) is -1.18. The predicted octanol–water partition coefficient (Wildman–Crippen LogP) is 5.73. The number of ether oxygens (including phenoxy) is 1. The van der Waals surface area contributed by atoms with Gasteiger partial charge in [0.25, 0.3) is 5.91 Å². The van der Waals surface area contributed by atoms with E-state index in [4.69, 9.17) is 22.1 Å². The van der Waals surface area contributed by atoms with Gasteiger partial charge in [0.2, 0.25) is 5.91 Å². The van der Waals surface area contributed by atoms with Crippen LogP contribution in [0.15, 0.2) is 84.2 Å². The molecule has 39 heavy (non-hydrogen) atoms. The van der Waals surface area contributed by atoms with Crippen molar-refractivity contribution < 1.29 is 18.7 Å². The molecule has 2 heterocycles. The molecule has 1 aromatic heterocycles. The zero-order valence-corrected chi connectivity index (χ0v) is 22.6. The molecule has 3 N–H and O–H groups in total. The van der Waals surface area contributed by atoms with Gasteiger partial charge in [-0.25, -0.2) is 4.39 Å². The molecule has 5 rings (SSSR count). The minimum Gasteiger partial charge on any atom is -0.355 e. The highest BCUT2D eigenvalue weighted by Gasteiger charge is 2.38. The quantitative estimate of drug-likeness (QED) is 0.287. The topological polar surface area (TPSA) is 84.7 Å². The van der Waals surface area contributed by atoms with Gasteiger partial charge >= 0.3 is 0 Å². The van der Waals surface area contributed by atoms with Crippen molar-refractivity contribution in [2.75, 3.05) is 4.90 Å². The predicted molar refractivity (Wildman–Crippen MR) is 151 cm³/mol. The van der Waals surface area contributed by atoms with Crippen molar-refractivity contribution in [3.63, 3.8) is 0 Å². The molecule has 1 aliphatic heterocycles. The highest BCUT2D eigenvalue weighted by atomic mass is 35.5. The first-order chi connectivity index (χ1) is 18.9. The van der Waals surface area contributed by atoms with Crippen molar-refractivity contribution in [1.29, 1.82) is 0 Å². The lowest BCUT2D eigenvalue weighted by molar-refractivity contribution is -0.138. The summed E-state index contributed by atoms with van der Waals surface area (Å²) in [5, 5.41) is 5.18. The second-order valence-electron chi connectivity index (χ2n) is 9.23. The summed E-state index contributed by atoms with van der Waals surface area (Å²) in [7, 11) is 0. The number of fused-ring (bicyclic) bond motifs is 1. The SMILES string of the molecule is NCc1cccc(C2OC(CC(=O)NCc3ccccc3F)C(=O)N(Cc3cccs3)c3ccc(Cl)cc32)c1. The Kier molecular flexibility index (Phi) is 8.38. The summed E-state index contributed by atoms with van der Waals surface area (Å²) >= 11 is 7.97. The summed E-state index contributed by atoms with van der Waals surface area (Å²) in [5.41, 5.74) is 9.34. The second kappa shape index (κ2) is 12.1. The number of benzene rings is 3. The van der Waals surface area contributed by atoms with Gasteiger partial charge in [0, 0.05) is 34.1 Å². The molecule has 1 aliphatic rings. The van der Waals surface area contributed by atoms with Crippen LogP contribution >= 0.6 is 22.9 Å². The summed E-state index contributed by atoms with van der Waals surface area (Å²) < 4.78 is 20.5. The fraction of sp³-hybridized carbons (Fsp3) is 0.200. The van der Waals surface area contributed by atoms with Crippen LogP contribution in [0.25, 0.3) is 0 Å². The Labute approximate surface area is 235 Å². The number of nitrogens with two attached hydrogens (primary N) is 1. The molecule has 200 valence electrons. The molecule has 0 saturated heterocycles. The van der Waals surface area contributed by atoms with E-state index >= 15 is 0 Å². The van der Waals surface area contributed by atoms with Gasteiger partial charge in [0.05, 0.1) is 18.7 Å². The van der Waals surface area contributed by atoms with E-state index in [1.54, 1.807) is 35.2 Å². The molecule has 4 aromatic rings. The molecule has 0 fully saturated rings. The molecular formula is C30H27ClFN3O3S. The fourth-order valence-electron chi connectivity index (χ4n) is 4.64. The molecule has 0 aliphatic carbocycles. The number of thiophene rings is 1. The first kappa shape index (κ1) is 27.0. The Morgan fingerprint density at radius 2 is 1.92 bits per heavy atom. The molecule has 2 amide bonds.